The molecule has 0 aliphatic heterocycles. The molecular formula is C11H16N2OS. The molecule has 0 fully saturated rings. The summed E-state index contributed by atoms with van der Waals surface area (Å²) in [7, 11) is 0. The average molecular weight is 224 g/mol. The first-order chi connectivity index (χ1) is 6.87. The number of pyridine rings is 1. The lowest BCUT2D eigenvalue weighted by Gasteiger charge is -2.16. The van der Waals surface area contributed by atoms with E-state index in [1.807, 2.05) is 12.1 Å². The van der Waals surface area contributed by atoms with Crippen LogP contribution in [0.2, 0.25) is 0 Å². The fourth-order valence-electron chi connectivity index (χ4n) is 1.03. The van der Waals surface area contributed by atoms with E-state index in [1.54, 1.807) is 18.0 Å². The molecule has 0 saturated heterocycles. The zero-order valence-corrected chi connectivity index (χ0v) is 10.3. The van der Waals surface area contributed by atoms with Crippen LogP contribution in [0.25, 0.3) is 0 Å². The van der Waals surface area contributed by atoms with Crippen molar-refractivity contribution in [2.75, 3.05) is 5.32 Å². The number of aromatic nitrogens is 1. The van der Waals surface area contributed by atoms with Gasteiger partial charge in [0.1, 0.15) is 0 Å². The number of amides is 1. The molecule has 0 saturated carbocycles. The number of anilines is 1. The Morgan fingerprint density at radius 3 is 2.47 bits per heavy atom. The lowest BCUT2D eigenvalue weighted by Crippen LogP contribution is -2.08. The molecule has 1 N–H and O–H groups in total. The predicted molar refractivity (Wildman–Crippen MR) is 64.2 cm³/mol. The summed E-state index contributed by atoms with van der Waals surface area (Å²) in [5, 5.41) is 3.65. The average Bonchev–Trinajstić information content (AvgIpc) is 2.05. The molecule has 1 heterocycles. The number of carbonyl (C=O) groups is 1. The Bertz CT molecular complexity index is 341. The van der Waals surface area contributed by atoms with Crippen molar-refractivity contribution < 1.29 is 4.79 Å². The van der Waals surface area contributed by atoms with Crippen molar-refractivity contribution in [2.45, 2.75) is 37.5 Å². The van der Waals surface area contributed by atoms with E-state index in [2.05, 4.69) is 31.1 Å². The minimum Gasteiger partial charge on any atom is -0.325 e. The van der Waals surface area contributed by atoms with E-state index in [-0.39, 0.29) is 10.7 Å². The van der Waals surface area contributed by atoms with E-state index >= 15 is 0 Å². The molecule has 1 aromatic rings. The molecule has 1 aromatic heterocycles. The molecule has 4 heteroatoms. The number of hydrogen-bond acceptors (Lipinski definition) is 3. The van der Waals surface area contributed by atoms with Gasteiger partial charge in [-0.05, 0) is 12.1 Å². The van der Waals surface area contributed by atoms with Gasteiger partial charge in [0.2, 0.25) is 5.91 Å². The number of nitrogens with zero attached hydrogens (tertiary/aromatic N) is 1. The van der Waals surface area contributed by atoms with Crippen LogP contribution >= 0.6 is 11.8 Å². The number of nitrogens with one attached hydrogen (secondary N) is 1. The Balaban J connectivity index is 2.68. The molecule has 0 atom stereocenters. The topological polar surface area (TPSA) is 42.0 Å². The summed E-state index contributed by atoms with van der Waals surface area (Å²) in [6, 6.07) is 3.78. The van der Waals surface area contributed by atoms with Crippen molar-refractivity contribution in [3.63, 3.8) is 0 Å². The van der Waals surface area contributed by atoms with Crippen molar-refractivity contribution in [1.82, 2.24) is 4.98 Å². The van der Waals surface area contributed by atoms with E-state index in [4.69, 9.17) is 0 Å². The summed E-state index contributed by atoms with van der Waals surface area (Å²) in [5.74, 6) is -0.0759. The molecule has 0 aromatic carbocycles. The van der Waals surface area contributed by atoms with Gasteiger partial charge >= 0.3 is 0 Å². The Morgan fingerprint density at radius 1 is 1.40 bits per heavy atom. The highest BCUT2D eigenvalue weighted by Gasteiger charge is 2.12. The molecule has 1 rings (SSSR count). The second-order valence-electron chi connectivity index (χ2n) is 4.28. The summed E-state index contributed by atoms with van der Waals surface area (Å²) in [6.07, 6.45) is 1.68. The monoisotopic (exact) mass is 224 g/mol. The highest BCUT2D eigenvalue weighted by molar-refractivity contribution is 8.00. The molecule has 0 aliphatic rings. The minimum atomic E-state index is -0.0759. The Kier molecular flexibility index (Phi) is 3.74. The highest BCUT2D eigenvalue weighted by atomic mass is 32.2. The van der Waals surface area contributed by atoms with Crippen LogP contribution in [-0.2, 0) is 4.79 Å². The van der Waals surface area contributed by atoms with Gasteiger partial charge in [-0.2, -0.15) is 0 Å². The van der Waals surface area contributed by atoms with Crippen molar-refractivity contribution in [3.05, 3.63) is 18.3 Å². The molecule has 0 aliphatic carbocycles. The third-order valence-corrected chi connectivity index (χ3v) is 2.53. The van der Waals surface area contributed by atoms with Crippen LogP contribution in [-0.4, -0.2) is 15.6 Å². The fraction of sp³-hybridized carbons (Fsp3) is 0.455. The lowest BCUT2D eigenvalue weighted by molar-refractivity contribution is -0.114. The van der Waals surface area contributed by atoms with Gasteiger partial charge in [-0.15, -0.1) is 11.8 Å². The summed E-state index contributed by atoms with van der Waals surface area (Å²) in [4.78, 5) is 15.0. The number of carbonyl (C=O) groups excluding carboxylic acids is 1. The lowest BCUT2D eigenvalue weighted by atomic mass is 10.3. The van der Waals surface area contributed by atoms with Crippen LogP contribution in [0.15, 0.2) is 23.4 Å². The second-order valence-corrected chi connectivity index (χ2v) is 6.13. The first kappa shape index (κ1) is 12.0. The third-order valence-electron chi connectivity index (χ3n) is 1.47. The number of rotatable bonds is 2. The van der Waals surface area contributed by atoms with Crippen LogP contribution in [0.3, 0.4) is 0 Å². The van der Waals surface area contributed by atoms with Crippen LogP contribution < -0.4 is 5.32 Å². The quantitative estimate of drug-likeness (QED) is 0.785. The Hall–Kier alpha value is -1.03. The zero-order valence-electron chi connectivity index (χ0n) is 9.50. The van der Waals surface area contributed by atoms with Gasteiger partial charge in [0.25, 0.3) is 0 Å². The molecule has 0 unspecified atom stereocenters. The zero-order chi connectivity index (χ0) is 11.5. The van der Waals surface area contributed by atoms with Gasteiger partial charge in [0, 0.05) is 11.7 Å². The van der Waals surface area contributed by atoms with Crippen molar-refractivity contribution in [1.29, 1.82) is 0 Å². The van der Waals surface area contributed by atoms with E-state index in [0.29, 0.717) is 0 Å². The SMILES string of the molecule is CC(=O)Nc1ccc(SC(C)(C)C)nc1. The van der Waals surface area contributed by atoms with Gasteiger partial charge in [0.05, 0.1) is 16.9 Å². The molecule has 15 heavy (non-hydrogen) atoms. The van der Waals surface area contributed by atoms with Crippen LogP contribution in [0.4, 0.5) is 5.69 Å². The standard InChI is InChI=1S/C11H16N2OS/c1-8(14)13-9-5-6-10(12-7-9)15-11(2,3)4/h5-7H,1-4H3,(H,13,14). The van der Waals surface area contributed by atoms with Gasteiger partial charge in [-0.3, -0.25) is 4.79 Å². The van der Waals surface area contributed by atoms with Crippen molar-refractivity contribution in [2.24, 2.45) is 0 Å². The normalized spacial score (nSPS) is 11.2. The number of thioether (sulfide) groups is 1. The van der Waals surface area contributed by atoms with Gasteiger partial charge in [0.15, 0.2) is 0 Å². The summed E-state index contributed by atoms with van der Waals surface area (Å²) >= 11 is 1.70. The summed E-state index contributed by atoms with van der Waals surface area (Å²) < 4.78 is 0.155. The first-order valence-corrected chi connectivity index (χ1v) is 5.61. The maximum Gasteiger partial charge on any atom is 0.221 e. The Morgan fingerprint density at radius 2 is 2.07 bits per heavy atom. The van der Waals surface area contributed by atoms with E-state index in [9.17, 15) is 4.79 Å². The predicted octanol–water partition coefficient (Wildman–Crippen LogP) is 2.93. The van der Waals surface area contributed by atoms with Crippen molar-refractivity contribution in [3.8, 4) is 0 Å². The smallest absolute Gasteiger partial charge is 0.221 e. The van der Waals surface area contributed by atoms with E-state index in [1.165, 1.54) is 6.92 Å². The number of hydrogen-bond donors (Lipinski definition) is 1. The molecule has 0 radical (unpaired) electrons. The molecule has 0 bridgehead atoms. The first-order valence-electron chi connectivity index (χ1n) is 4.79. The summed E-state index contributed by atoms with van der Waals surface area (Å²) in [5.41, 5.74) is 0.737. The van der Waals surface area contributed by atoms with Crippen LogP contribution in [0.1, 0.15) is 27.7 Å². The van der Waals surface area contributed by atoms with E-state index < -0.39 is 0 Å². The molecular weight excluding hydrogens is 208 g/mol. The van der Waals surface area contributed by atoms with Gasteiger partial charge in [-0.25, -0.2) is 4.98 Å². The maximum absolute atomic E-state index is 10.8. The third kappa shape index (κ3) is 4.83. The largest absolute Gasteiger partial charge is 0.325 e. The molecule has 0 spiro atoms. The van der Waals surface area contributed by atoms with E-state index in [0.717, 1.165) is 10.7 Å². The van der Waals surface area contributed by atoms with Crippen LogP contribution in [0, 0.1) is 0 Å². The highest BCUT2D eigenvalue weighted by Crippen LogP contribution is 2.30. The second kappa shape index (κ2) is 4.66. The van der Waals surface area contributed by atoms with Gasteiger partial charge in [-0.1, -0.05) is 20.8 Å². The van der Waals surface area contributed by atoms with Crippen LogP contribution in [0.5, 0.6) is 0 Å². The van der Waals surface area contributed by atoms with Gasteiger partial charge < -0.3 is 5.32 Å². The fourth-order valence-corrected chi connectivity index (χ4v) is 1.90. The summed E-state index contributed by atoms with van der Waals surface area (Å²) in [6.45, 7) is 7.90. The Labute approximate surface area is 94.7 Å². The molecule has 82 valence electrons. The molecule has 3 nitrogen and oxygen atoms in total. The minimum absolute atomic E-state index is 0.0759. The van der Waals surface area contributed by atoms with Crippen molar-refractivity contribution >= 4 is 23.4 Å². The maximum atomic E-state index is 10.8. The molecule has 1 amide bonds.